The molecule has 5 heteroatoms. The van der Waals surface area contributed by atoms with Crippen LogP contribution in [0.4, 0.5) is 0 Å². The van der Waals surface area contributed by atoms with Crippen molar-refractivity contribution in [3.63, 3.8) is 0 Å². The van der Waals surface area contributed by atoms with E-state index in [2.05, 4.69) is 4.98 Å². The number of nitrogens with zero attached hydrogens (tertiary/aromatic N) is 2. The second-order valence-corrected chi connectivity index (χ2v) is 6.13. The van der Waals surface area contributed by atoms with Gasteiger partial charge < -0.3 is 9.30 Å². The number of ether oxygens (including phenoxy) is 1. The summed E-state index contributed by atoms with van der Waals surface area (Å²) in [6, 6.07) is 15.5. The highest BCUT2D eigenvalue weighted by Crippen LogP contribution is 2.23. The molecule has 0 amide bonds. The molecule has 0 saturated heterocycles. The minimum absolute atomic E-state index is 0.467. The number of imidazole rings is 1. The number of methoxy groups -OCH3 is 1. The fourth-order valence-corrected chi connectivity index (χ4v) is 3.51. The van der Waals surface area contributed by atoms with Crippen molar-refractivity contribution in [1.82, 2.24) is 9.55 Å². The van der Waals surface area contributed by atoms with E-state index in [1.54, 1.807) is 7.11 Å². The molecule has 1 aromatic heterocycles. The van der Waals surface area contributed by atoms with Gasteiger partial charge in [0, 0.05) is 13.1 Å². The van der Waals surface area contributed by atoms with Crippen molar-refractivity contribution in [3.05, 3.63) is 54.1 Å². The monoisotopic (exact) mass is 300 g/mol. The van der Waals surface area contributed by atoms with Gasteiger partial charge in [-0.3, -0.25) is 4.21 Å². The van der Waals surface area contributed by atoms with Crippen LogP contribution in [0.5, 0.6) is 5.75 Å². The van der Waals surface area contributed by atoms with Gasteiger partial charge in [-0.1, -0.05) is 30.3 Å². The maximum absolute atomic E-state index is 12.6. The smallest absolute Gasteiger partial charge is 0.200 e. The van der Waals surface area contributed by atoms with Gasteiger partial charge in [-0.15, -0.1) is 0 Å². The van der Waals surface area contributed by atoms with Gasteiger partial charge >= 0.3 is 0 Å². The predicted molar refractivity (Wildman–Crippen MR) is 83.8 cm³/mol. The Morgan fingerprint density at radius 3 is 2.67 bits per heavy atom. The molecule has 0 saturated carbocycles. The fourth-order valence-electron chi connectivity index (χ4n) is 2.28. The van der Waals surface area contributed by atoms with E-state index >= 15 is 0 Å². The van der Waals surface area contributed by atoms with Crippen molar-refractivity contribution in [2.24, 2.45) is 7.05 Å². The van der Waals surface area contributed by atoms with Gasteiger partial charge in [0.25, 0.3) is 0 Å². The van der Waals surface area contributed by atoms with Crippen LogP contribution >= 0.6 is 0 Å². The van der Waals surface area contributed by atoms with Gasteiger partial charge in [0.15, 0.2) is 5.16 Å². The van der Waals surface area contributed by atoms with Gasteiger partial charge in [0.1, 0.15) is 5.75 Å². The highest BCUT2D eigenvalue weighted by Gasteiger charge is 2.14. The first-order chi connectivity index (χ1) is 10.2. The Morgan fingerprint density at radius 2 is 1.95 bits per heavy atom. The average molecular weight is 300 g/mol. The first-order valence-electron chi connectivity index (χ1n) is 6.62. The molecule has 0 spiro atoms. The van der Waals surface area contributed by atoms with Gasteiger partial charge in [-0.05, 0) is 17.7 Å². The molecule has 3 rings (SSSR count). The Balaban J connectivity index is 1.96. The summed E-state index contributed by atoms with van der Waals surface area (Å²) >= 11 is 0. The normalized spacial score (nSPS) is 12.5. The van der Waals surface area contributed by atoms with Crippen molar-refractivity contribution in [1.29, 1.82) is 0 Å². The zero-order chi connectivity index (χ0) is 14.8. The molecule has 1 unspecified atom stereocenters. The van der Waals surface area contributed by atoms with E-state index in [4.69, 9.17) is 4.74 Å². The highest BCUT2D eigenvalue weighted by atomic mass is 32.2. The molecule has 108 valence electrons. The largest absolute Gasteiger partial charge is 0.497 e. The van der Waals surface area contributed by atoms with Crippen LogP contribution in [0.3, 0.4) is 0 Å². The van der Waals surface area contributed by atoms with Crippen LogP contribution in [-0.4, -0.2) is 20.9 Å². The van der Waals surface area contributed by atoms with Crippen molar-refractivity contribution < 1.29 is 8.95 Å². The van der Waals surface area contributed by atoms with Crippen LogP contribution < -0.4 is 4.74 Å². The third kappa shape index (κ3) is 2.69. The molecular weight excluding hydrogens is 284 g/mol. The number of hydrogen-bond acceptors (Lipinski definition) is 3. The summed E-state index contributed by atoms with van der Waals surface area (Å²) < 4.78 is 19.6. The first kappa shape index (κ1) is 13.8. The molecule has 4 nitrogen and oxygen atoms in total. The van der Waals surface area contributed by atoms with Gasteiger partial charge in [-0.2, -0.15) is 0 Å². The Hall–Kier alpha value is -2.14. The lowest BCUT2D eigenvalue weighted by molar-refractivity contribution is 0.415. The Morgan fingerprint density at radius 1 is 1.19 bits per heavy atom. The number of aromatic nitrogens is 2. The fraction of sp³-hybridized carbons (Fsp3) is 0.188. The Labute approximate surface area is 125 Å². The van der Waals surface area contributed by atoms with Gasteiger partial charge in [0.05, 0.1) is 34.7 Å². The van der Waals surface area contributed by atoms with Gasteiger partial charge in [-0.25, -0.2) is 4.98 Å². The van der Waals surface area contributed by atoms with Crippen molar-refractivity contribution >= 4 is 21.8 Å². The predicted octanol–water partition coefficient (Wildman–Crippen LogP) is 2.89. The molecule has 0 aliphatic rings. The number of fused-ring (bicyclic) bond motifs is 1. The van der Waals surface area contributed by atoms with Crippen LogP contribution in [0, 0.1) is 0 Å². The molecule has 3 aromatic rings. The zero-order valence-corrected chi connectivity index (χ0v) is 12.8. The van der Waals surface area contributed by atoms with Crippen LogP contribution in [0.15, 0.2) is 53.7 Å². The third-order valence-electron chi connectivity index (χ3n) is 3.39. The highest BCUT2D eigenvalue weighted by molar-refractivity contribution is 7.84. The Kier molecular flexibility index (Phi) is 3.75. The number of rotatable bonds is 4. The SMILES string of the molecule is COc1ccc2c(c1)nc(S(=O)Cc1ccccc1)n2C. The zero-order valence-electron chi connectivity index (χ0n) is 11.9. The Bertz CT molecular complexity index is 797. The summed E-state index contributed by atoms with van der Waals surface area (Å²) in [5.41, 5.74) is 2.79. The molecule has 0 aliphatic carbocycles. The van der Waals surface area contributed by atoms with Crippen LogP contribution in [0.1, 0.15) is 5.56 Å². The van der Waals surface area contributed by atoms with E-state index in [9.17, 15) is 4.21 Å². The van der Waals surface area contributed by atoms with Crippen molar-refractivity contribution in [3.8, 4) is 5.75 Å². The minimum Gasteiger partial charge on any atom is -0.497 e. The molecule has 0 fully saturated rings. The lowest BCUT2D eigenvalue weighted by atomic mass is 10.2. The molecule has 0 radical (unpaired) electrons. The lowest BCUT2D eigenvalue weighted by Gasteiger charge is -2.03. The van der Waals surface area contributed by atoms with E-state index in [0.717, 1.165) is 22.3 Å². The first-order valence-corrected chi connectivity index (χ1v) is 7.93. The van der Waals surface area contributed by atoms with Crippen LogP contribution in [0.2, 0.25) is 0 Å². The summed E-state index contributed by atoms with van der Waals surface area (Å²) in [5.74, 6) is 1.22. The van der Waals surface area contributed by atoms with Gasteiger partial charge in [0.2, 0.25) is 0 Å². The van der Waals surface area contributed by atoms with E-state index < -0.39 is 10.8 Å². The molecular formula is C16H16N2O2S. The molecule has 1 atom stereocenters. The van der Waals surface area contributed by atoms with Crippen molar-refractivity contribution in [2.45, 2.75) is 10.9 Å². The lowest BCUT2D eigenvalue weighted by Crippen LogP contribution is -2.03. The molecule has 0 aliphatic heterocycles. The average Bonchev–Trinajstić information content (AvgIpc) is 2.85. The minimum atomic E-state index is -1.18. The summed E-state index contributed by atoms with van der Waals surface area (Å²) in [4.78, 5) is 4.50. The molecule has 0 N–H and O–H groups in total. The number of hydrogen-bond donors (Lipinski definition) is 0. The topological polar surface area (TPSA) is 44.1 Å². The quantitative estimate of drug-likeness (QED) is 0.744. The number of benzene rings is 2. The van der Waals surface area contributed by atoms with E-state index in [0.29, 0.717) is 10.9 Å². The second-order valence-electron chi connectivity index (χ2n) is 4.78. The molecule has 1 heterocycles. The second kappa shape index (κ2) is 5.69. The summed E-state index contributed by atoms with van der Waals surface area (Å²) in [6.45, 7) is 0. The molecule has 0 bridgehead atoms. The maximum atomic E-state index is 12.6. The third-order valence-corrected chi connectivity index (χ3v) is 4.76. The van der Waals surface area contributed by atoms with E-state index in [1.807, 2.05) is 60.1 Å². The van der Waals surface area contributed by atoms with Crippen LogP contribution in [-0.2, 0) is 23.6 Å². The molecule has 2 aromatic carbocycles. The summed E-state index contributed by atoms with van der Waals surface area (Å²) in [6.07, 6.45) is 0. The summed E-state index contributed by atoms with van der Waals surface area (Å²) in [5, 5.41) is 0.585. The number of aryl methyl sites for hydroxylation is 1. The molecule has 21 heavy (non-hydrogen) atoms. The summed E-state index contributed by atoms with van der Waals surface area (Å²) in [7, 11) is 2.34. The van der Waals surface area contributed by atoms with Crippen molar-refractivity contribution in [2.75, 3.05) is 7.11 Å². The van der Waals surface area contributed by atoms with E-state index in [-0.39, 0.29) is 0 Å². The maximum Gasteiger partial charge on any atom is 0.200 e. The van der Waals surface area contributed by atoms with Crippen LogP contribution in [0.25, 0.3) is 11.0 Å². The van der Waals surface area contributed by atoms with E-state index in [1.165, 1.54) is 0 Å². The standard InChI is InChI=1S/C16H16N2O2S/c1-18-15-9-8-13(20-2)10-14(15)17-16(18)21(19)11-12-6-4-3-5-7-12/h3-10H,11H2,1-2H3.